The highest BCUT2D eigenvalue weighted by Crippen LogP contribution is 2.22. The monoisotopic (exact) mass is 312 g/mol. The Morgan fingerprint density at radius 1 is 1.30 bits per heavy atom. The van der Waals surface area contributed by atoms with Crippen molar-refractivity contribution >= 4 is 28.5 Å². The number of carbonyl (C=O) groups is 2. The van der Waals surface area contributed by atoms with E-state index < -0.39 is 5.91 Å². The number of aromatic nitrogens is 4. The lowest BCUT2D eigenvalue weighted by Crippen LogP contribution is -2.14. The Hall–Kier alpha value is -3.16. The molecule has 4 N–H and O–H groups in total. The fraction of sp³-hybridized carbons (Fsp3) is 0.200. The van der Waals surface area contributed by atoms with Gasteiger partial charge < -0.3 is 15.6 Å². The molecule has 0 fully saturated rings. The molecule has 0 bridgehead atoms. The SMILES string of the molecule is Cc1cc(C(=O)Nc2cc(C(N)=O)n(C)c2)c2c(C)[nH]nc2n1. The number of pyridine rings is 1. The number of anilines is 1. The Morgan fingerprint density at radius 2 is 2.04 bits per heavy atom. The van der Waals surface area contributed by atoms with Crippen molar-refractivity contribution in [3.63, 3.8) is 0 Å². The van der Waals surface area contributed by atoms with Crippen LogP contribution in [-0.4, -0.2) is 31.6 Å². The highest BCUT2D eigenvalue weighted by atomic mass is 16.2. The number of nitrogens with zero attached hydrogens (tertiary/aromatic N) is 3. The lowest BCUT2D eigenvalue weighted by Gasteiger charge is -2.05. The van der Waals surface area contributed by atoms with Crippen molar-refractivity contribution in [1.29, 1.82) is 0 Å². The fourth-order valence-electron chi connectivity index (χ4n) is 2.56. The van der Waals surface area contributed by atoms with Crippen molar-refractivity contribution in [2.45, 2.75) is 13.8 Å². The minimum Gasteiger partial charge on any atom is -0.364 e. The Bertz CT molecular complexity index is 937. The number of H-pyrrole nitrogens is 1. The average Bonchev–Trinajstić information content (AvgIpc) is 3.01. The van der Waals surface area contributed by atoms with Gasteiger partial charge in [-0.25, -0.2) is 4.98 Å². The molecule has 8 heteroatoms. The maximum Gasteiger partial charge on any atom is 0.265 e. The second-order valence-corrected chi connectivity index (χ2v) is 5.40. The molecule has 3 aromatic rings. The number of rotatable bonds is 3. The van der Waals surface area contributed by atoms with E-state index in [0.29, 0.717) is 33.7 Å². The summed E-state index contributed by atoms with van der Waals surface area (Å²) in [6.45, 7) is 3.63. The van der Waals surface area contributed by atoms with Gasteiger partial charge in [0, 0.05) is 24.6 Å². The topological polar surface area (TPSA) is 119 Å². The van der Waals surface area contributed by atoms with Crippen molar-refractivity contribution in [2.75, 3.05) is 5.32 Å². The summed E-state index contributed by atoms with van der Waals surface area (Å²) < 4.78 is 1.56. The largest absolute Gasteiger partial charge is 0.364 e. The van der Waals surface area contributed by atoms with Crippen LogP contribution in [0.1, 0.15) is 32.2 Å². The molecule has 0 saturated carbocycles. The van der Waals surface area contributed by atoms with Crippen LogP contribution in [0, 0.1) is 13.8 Å². The number of hydrogen-bond acceptors (Lipinski definition) is 4. The van der Waals surface area contributed by atoms with Gasteiger partial charge in [-0.15, -0.1) is 0 Å². The molecule has 0 atom stereocenters. The van der Waals surface area contributed by atoms with Gasteiger partial charge in [0.25, 0.3) is 11.8 Å². The molecule has 3 aromatic heterocycles. The van der Waals surface area contributed by atoms with E-state index >= 15 is 0 Å². The number of aromatic amines is 1. The molecule has 2 amide bonds. The van der Waals surface area contributed by atoms with Gasteiger partial charge in [0.05, 0.1) is 16.6 Å². The molecule has 0 radical (unpaired) electrons. The molecule has 118 valence electrons. The number of nitrogens with two attached hydrogens (primary N) is 1. The molecule has 0 aliphatic rings. The third-order valence-corrected chi connectivity index (χ3v) is 3.59. The van der Waals surface area contributed by atoms with Crippen LogP contribution in [0.4, 0.5) is 5.69 Å². The summed E-state index contributed by atoms with van der Waals surface area (Å²) in [6, 6.07) is 3.24. The number of amides is 2. The van der Waals surface area contributed by atoms with Crippen molar-refractivity contribution in [1.82, 2.24) is 19.7 Å². The molecule has 0 aliphatic carbocycles. The van der Waals surface area contributed by atoms with Crippen LogP contribution in [0.25, 0.3) is 11.0 Å². The van der Waals surface area contributed by atoms with Crippen LogP contribution in [0.15, 0.2) is 18.3 Å². The van der Waals surface area contributed by atoms with E-state index in [-0.39, 0.29) is 5.91 Å². The highest BCUT2D eigenvalue weighted by molar-refractivity contribution is 6.12. The first kappa shape index (κ1) is 14.8. The van der Waals surface area contributed by atoms with Crippen LogP contribution in [0.2, 0.25) is 0 Å². The standard InChI is InChI=1S/C15H16N6O2/c1-7-4-10(12-8(2)19-20-14(12)17-7)15(23)18-9-5-11(13(16)22)21(3)6-9/h4-6H,1-3H3,(H2,16,22)(H,18,23)(H,17,19,20). The number of carbonyl (C=O) groups excluding carboxylic acids is 2. The molecule has 3 rings (SSSR count). The van der Waals surface area contributed by atoms with Crippen LogP contribution in [-0.2, 0) is 7.05 Å². The second kappa shape index (κ2) is 5.24. The lowest BCUT2D eigenvalue weighted by molar-refractivity contribution is 0.0990. The van der Waals surface area contributed by atoms with Gasteiger partial charge in [0.15, 0.2) is 5.65 Å². The third kappa shape index (κ3) is 2.54. The Balaban J connectivity index is 1.99. The predicted molar refractivity (Wildman–Crippen MR) is 85.2 cm³/mol. The lowest BCUT2D eigenvalue weighted by atomic mass is 10.1. The normalized spacial score (nSPS) is 10.9. The summed E-state index contributed by atoms with van der Waals surface area (Å²) in [6.07, 6.45) is 1.63. The quantitative estimate of drug-likeness (QED) is 0.674. The molecular formula is C15H16N6O2. The van der Waals surface area contributed by atoms with Gasteiger partial charge in [-0.1, -0.05) is 0 Å². The van der Waals surface area contributed by atoms with Gasteiger partial charge in [-0.05, 0) is 26.0 Å². The minimum absolute atomic E-state index is 0.299. The molecule has 0 aliphatic heterocycles. The van der Waals surface area contributed by atoms with E-state index in [1.807, 2.05) is 6.92 Å². The third-order valence-electron chi connectivity index (χ3n) is 3.59. The molecule has 0 aromatic carbocycles. The first-order chi connectivity index (χ1) is 10.9. The van der Waals surface area contributed by atoms with Gasteiger partial charge in [0.1, 0.15) is 5.69 Å². The molecule has 0 saturated heterocycles. The summed E-state index contributed by atoms with van der Waals surface area (Å²) in [5, 5.41) is 10.4. The molecule has 0 unspecified atom stereocenters. The van der Waals surface area contributed by atoms with Gasteiger partial charge in [-0.3, -0.25) is 14.7 Å². The van der Waals surface area contributed by atoms with Crippen molar-refractivity contribution in [3.05, 3.63) is 41.0 Å². The molecule has 3 heterocycles. The number of nitrogens with one attached hydrogen (secondary N) is 2. The zero-order valence-electron chi connectivity index (χ0n) is 13.0. The fourth-order valence-corrected chi connectivity index (χ4v) is 2.56. The number of fused-ring (bicyclic) bond motifs is 1. The molecule has 23 heavy (non-hydrogen) atoms. The molecule has 8 nitrogen and oxygen atoms in total. The Kier molecular flexibility index (Phi) is 3.36. The number of aryl methyl sites for hydroxylation is 3. The van der Waals surface area contributed by atoms with E-state index in [1.54, 1.807) is 30.8 Å². The molecular weight excluding hydrogens is 296 g/mol. The average molecular weight is 312 g/mol. The maximum atomic E-state index is 12.6. The van der Waals surface area contributed by atoms with E-state index in [4.69, 9.17) is 5.73 Å². The van der Waals surface area contributed by atoms with Gasteiger partial charge in [0.2, 0.25) is 0 Å². The summed E-state index contributed by atoms with van der Waals surface area (Å²) in [4.78, 5) is 28.2. The second-order valence-electron chi connectivity index (χ2n) is 5.40. The van der Waals surface area contributed by atoms with Crippen LogP contribution < -0.4 is 11.1 Å². The van der Waals surface area contributed by atoms with Crippen molar-refractivity contribution in [2.24, 2.45) is 12.8 Å². The summed E-state index contributed by atoms with van der Waals surface area (Å²) in [7, 11) is 1.69. The smallest absolute Gasteiger partial charge is 0.265 e. The van der Waals surface area contributed by atoms with Crippen molar-refractivity contribution < 1.29 is 9.59 Å². The number of hydrogen-bond donors (Lipinski definition) is 3. The van der Waals surface area contributed by atoms with E-state index in [0.717, 1.165) is 5.69 Å². The van der Waals surface area contributed by atoms with E-state index in [9.17, 15) is 9.59 Å². The van der Waals surface area contributed by atoms with Gasteiger partial charge >= 0.3 is 0 Å². The first-order valence-corrected chi connectivity index (χ1v) is 6.96. The van der Waals surface area contributed by atoms with Crippen LogP contribution in [0.5, 0.6) is 0 Å². The van der Waals surface area contributed by atoms with Gasteiger partial charge in [-0.2, -0.15) is 5.10 Å². The first-order valence-electron chi connectivity index (χ1n) is 6.96. The maximum absolute atomic E-state index is 12.6. The summed E-state index contributed by atoms with van der Waals surface area (Å²) in [5.74, 6) is -0.854. The molecule has 0 spiro atoms. The number of primary amides is 1. The summed E-state index contributed by atoms with van der Waals surface area (Å²) in [5.41, 5.74) is 8.52. The van der Waals surface area contributed by atoms with E-state index in [2.05, 4.69) is 20.5 Å². The van der Waals surface area contributed by atoms with E-state index in [1.165, 1.54) is 6.07 Å². The zero-order valence-corrected chi connectivity index (χ0v) is 13.0. The van der Waals surface area contributed by atoms with Crippen LogP contribution >= 0.6 is 0 Å². The Morgan fingerprint density at radius 3 is 2.70 bits per heavy atom. The predicted octanol–water partition coefficient (Wildman–Crippen LogP) is 1.26. The zero-order chi connectivity index (χ0) is 16.7. The minimum atomic E-state index is -0.555. The van der Waals surface area contributed by atoms with Crippen molar-refractivity contribution in [3.8, 4) is 0 Å². The summed E-state index contributed by atoms with van der Waals surface area (Å²) >= 11 is 0. The Labute approximate surface area is 131 Å². The highest BCUT2D eigenvalue weighted by Gasteiger charge is 2.17. The van der Waals surface area contributed by atoms with Crippen LogP contribution in [0.3, 0.4) is 0 Å².